The zero-order valence-electron chi connectivity index (χ0n) is 11.2. The molecule has 0 aliphatic carbocycles. The van der Waals surface area contributed by atoms with Crippen molar-refractivity contribution in [2.24, 2.45) is 0 Å². The molecule has 0 aliphatic rings. The van der Waals surface area contributed by atoms with Crippen molar-refractivity contribution in [3.63, 3.8) is 0 Å². The molecule has 1 unspecified atom stereocenters. The Bertz CT molecular complexity index is 689. The lowest BCUT2D eigenvalue weighted by Gasteiger charge is -2.17. The largest absolute Gasteiger partial charge is 0.496 e. The van der Waals surface area contributed by atoms with Crippen molar-refractivity contribution in [3.8, 4) is 5.75 Å². The maximum Gasteiger partial charge on any atom is 0.141 e. The Morgan fingerprint density at radius 3 is 2.24 bits per heavy atom. The van der Waals surface area contributed by atoms with Gasteiger partial charge in [-0.25, -0.2) is 13.2 Å². The molecule has 1 nitrogen and oxygen atoms in total. The normalized spacial score (nSPS) is 12.3. The van der Waals surface area contributed by atoms with E-state index in [0.29, 0.717) is 11.1 Å². The lowest BCUT2D eigenvalue weighted by molar-refractivity contribution is 0.406. The van der Waals surface area contributed by atoms with Crippen molar-refractivity contribution >= 4 is 31.9 Å². The molecule has 0 N–H and O–H groups in total. The summed E-state index contributed by atoms with van der Waals surface area (Å²) in [6.45, 7) is 1.55. The summed E-state index contributed by atoms with van der Waals surface area (Å²) >= 11 is 6.46. The van der Waals surface area contributed by atoms with Crippen LogP contribution in [0, 0.1) is 24.4 Å². The highest BCUT2D eigenvalue weighted by Crippen LogP contribution is 2.40. The van der Waals surface area contributed by atoms with Gasteiger partial charge in [0.25, 0.3) is 0 Å². The first-order valence-corrected chi connectivity index (χ1v) is 7.68. The Morgan fingerprint density at radius 1 is 0.952 bits per heavy atom. The molecule has 0 amide bonds. The van der Waals surface area contributed by atoms with Gasteiger partial charge in [0.2, 0.25) is 0 Å². The molecule has 0 saturated carbocycles. The molecule has 0 aliphatic heterocycles. The molecule has 0 spiro atoms. The third kappa shape index (κ3) is 3.26. The minimum Gasteiger partial charge on any atom is -0.496 e. The number of halogens is 5. The average Bonchev–Trinajstić information content (AvgIpc) is 2.44. The molecule has 6 heteroatoms. The molecule has 0 bridgehead atoms. The number of hydrogen-bond donors (Lipinski definition) is 0. The van der Waals surface area contributed by atoms with Crippen LogP contribution in [-0.2, 0) is 0 Å². The lowest BCUT2D eigenvalue weighted by atomic mass is 10.0. The highest BCUT2D eigenvalue weighted by atomic mass is 79.9. The highest BCUT2D eigenvalue weighted by Gasteiger charge is 2.22. The first kappa shape index (κ1) is 16.4. The van der Waals surface area contributed by atoms with E-state index in [4.69, 9.17) is 4.74 Å². The van der Waals surface area contributed by atoms with Crippen LogP contribution in [0.5, 0.6) is 5.75 Å². The number of rotatable bonds is 3. The third-order valence-corrected chi connectivity index (χ3v) is 4.69. The van der Waals surface area contributed by atoms with Gasteiger partial charge in [-0.3, -0.25) is 0 Å². The summed E-state index contributed by atoms with van der Waals surface area (Å²) in [6.07, 6.45) is 0. The summed E-state index contributed by atoms with van der Waals surface area (Å²) in [7, 11) is 1.40. The SMILES string of the molecule is COc1cc(F)c(Br)cc1C(Br)c1cc(C)c(F)cc1F. The van der Waals surface area contributed by atoms with Gasteiger partial charge in [-0.15, -0.1) is 0 Å². The van der Waals surface area contributed by atoms with E-state index < -0.39 is 22.3 Å². The Hall–Kier alpha value is -1.01. The monoisotopic (exact) mass is 422 g/mol. The summed E-state index contributed by atoms with van der Waals surface area (Å²) in [5, 5.41) is 0. The van der Waals surface area contributed by atoms with Gasteiger partial charge >= 0.3 is 0 Å². The minimum absolute atomic E-state index is 0.238. The molecule has 0 fully saturated rings. The fourth-order valence-corrected chi connectivity index (χ4v) is 3.03. The Kier molecular flexibility index (Phi) is 4.99. The van der Waals surface area contributed by atoms with Crippen LogP contribution in [0.1, 0.15) is 21.5 Å². The van der Waals surface area contributed by atoms with E-state index in [2.05, 4.69) is 31.9 Å². The van der Waals surface area contributed by atoms with Crippen molar-refractivity contribution in [2.45, 2.75) is 11.8 Å². The maximum atomic E-state index is 14.0. The topological polar surface area (TPSA) is 9.23 Å². The van der Waals surface area contributed by atoms with E-state index in [9.17, 15) is 13.2 Å². The number of alkyl halides is 1. The van der Waals surface area contributed by atoms with Crippen LogP contribution in [0.15, 0.2) is 28.7 Å². The molecule has 2 rings (SSSR count). The molecule has 0 radical (unpaired) electrons. The predicted molar refractivity (Wildman–Crippen MR) is 82.5 cm³/mol. The van der Waals surface area contributed by atoms with Crippen molar-refractivity contribution < 1.29 is 17.9 Å². The molecular formula is C15H11Br2F3O. The number of methoxy groups -OCH3 is 1. The fraction of sp³-hybridized carbons (Fsp3) is 0.200. The Balaban J connectivity index is 2.57. The Labute approximate surface area is 137 Å². The number of hydrogen-bond acceptors (Lipinski definition) is 1. The second-order valence-corrected chi connectivity index (χ2v) is 6.26. The molecule has 21 heavy (non-hydrogen) atoms. The smallest absolute Gasteiger partial charge is 0.141 e. The zero-order valence-corrected chi connectivity index (χ0v) is 14.4. The second-order valence-electron chi connectivity index (χ2n) is 4.49. The molecule has 112 valence electrons. The van der Waals surface area contributed by atoms with E-state index in [0.717, 1.165) is 6.07 Å². The summed E-state index contributed by atoms with van der Waals surface area (Å²) in [4.78, 5) is -0.594. The van der Waals surface area contributed by atoms with Crippen molar-refractivity contribution in [1.82, 2.24) is 0 Å². The van der Waals surface area contributed by atoms with Gasteiger partial charge in [0.05, 0.1) is 16.4 Å². The minimum atomic E-state index is -0.678. The summed E-state index contributed by atoms with van der Waals surface area (Å²) < 4.78 is 46.2. The van der Waals surface area contributed by atoms with Crippen LogP contribution >= 0.6 is 31.9 Å². The zero-order chi connectivity index (χ0) is 15.7. The molecule has 2 aromatic rings. The molecule has 0 heterocycles. The molecule has 1 atom stereocenters. The van der Waals surface area contributed by atoms with Crippen LogP contribution in [0.25, 0.3) is 0 Å². The number of aryl methyl sites for hydroxylation is 1. The van der Waals surface area contributed by atoms with Crippen LogP contribution in [0.2, 0.25) is 0 Å². The molecular weight excluding hydrogens is 413 g/mol. The maximum absolute atomic E-state index is 14.0. The van der Waals surface area contributed by atoms with Crippen LogP contribution < -0.4 is 4.74 Å². The quantitative estimate of drug-likeness (QED) is 0.578. The number of benzene rings is 2. The van der Waals surface area contributed by atoms with Gasteiger partial charge in [-0.2, -0.15) is 0 Å². The van der Waals surface area contributed by atoms with Crippen LogP contribution in [0.3, 0.4) is 0 Å². The van der Waals surface area contributed by atoms with Crippen LogP contribution in [-0.4, -0.2) is 7.11 Å². The Morgan fingerprint density at radius 2 is 1.62 bits per heavy atom. The van der Waals surface area contributed by atoms with Crippen molar-refractivity contribution in [1.29, 1.82) is 0 Å². The highest BCUT2D eigenvalue weighted by molar-refractivity contribution is 9.10. The number of ether oxygens (including phenoxy) is 1. The van der Waals surface area contributed by atoms with Gasteiger partial charge in [-0.05, 0) is 40.5 Å². The van der Waals surface area contributed by atoms with E-state index >= 15 is 0 Å². The molecule has 2 aromatic carbocycles. The van der Waals surface area contributed by atoms with Crippen LogP contribution in [0.4, 0.5) is 13.2 Å². The van der Waals surface area contributed by atoms with Gasteiger partial charge in [0.15, 0.2) is 0 Å². The lowest BCUT2D eigenvalue weighted by Crippen LogP contribution is -2.02. The first-order chi connectivity index (χ1) is 9.85. The predicted octanol–water partition coefficient (Wildman–Crippen LogP) is 5.67. The van der Waals surface area contributed by atoms with Crippen molar-refractivity contribution in [2.75, 3.05) is 7.11 Å². The summed E-state index contributed by atoms with van der Waals surface area (Å²) in [5.41, 5.74) is 1.12. The second kappa shape index (κ2) is 6.40. The average molecular weight is 424 g/mol. The van der Waals surface area contributed by atoms with E-state index in [1.807, 2.05) is 0 Å². The van der Waals surface area contributed by atoms with Crippen molar-refractivity contribution in [3.05, 3.63) is 62.9 Å². The van der Waals surface area contributed by atoms with Gasteiger partial charge < -0.3 is 4.74 Å². The molecule has 0 saturated heterocycles. The summed E-state index contributed by atoms with van der Waals surface area (Å²) in [5.74, 6) is -1.49. The van der Waals surface area contributed by atoms with Gasteiger partial charge in [-0.1, -0.05) is 15.9 Å². The van der Waals surface area contributed by atoms with Gasteiger partial charge in [0, 0.05) is 23.3 Å². The standard InChI is InChI=1S/C15H11Br2F3O/c1-7-3-8(12(19)5-11(7)18)15(17)9-4-10(16)13(20)6-14(9)21-2/h3-6,15H,1-2H3. The third-order valence-electron chi connectivity index (χ3n) is 3.10. The van der Waals surface area contributed by atoms with E-state index in [-0.39, 0.29) is 15.8 Å². The molecule has 0 aromatic heterocycles. The first-order valence-electron chi connectivity index (χ1n) is 5.97. The van der Waals surface area contributed by atoms with E-state index in [1.165, 1.54) is 25.3 Å². The summed E-state index contributed by atoms with van der Waals surface area (Å²) in [6, 6.07) is 4.97. The fourth-order valence-electron chi connectivity index (χ4n) is 1.96. The van der Waals surface area contributed by atoms with Gasteiger partial charge in [0.1, 0.15) is 23.2 Å². The van der Waals surface area contributed by atoms with E-state index in [1.54, 1.807) is 6.92 Å².